The van der Waals surface area contributed by atoms with E-state index >= 15 is 0 Å². The highest BCUT2D eigenvalue weighted by molar-refractivity contribution is 6.42. The van der Waals surface area contributed by atoms with Crippen LogP contribution in [0, 0.1) is 5.82 Å². The van der Waals surface area contributed by atoms with Crippen LogP contribution in [0.25, 0.3) is 17.3 Å². The van der Waals surface area contributed by atoms with E-state index in [1.165, 1.54) is 25.3 Å². The molecule has 1 heterocycles. The molecule has 3 aromatic rings. The molecule has 0 saturated carbocycles. The number of rotatable bonds is 5. The number of carbonyl (C=O) groups is 1. The maximum Gasteiger partial charge on any atom is 0.185 e. The van der Waals surface area contributed by atoms with Crippen molar-refractivity contribution in [3.8, 4) is 17.0 Å². The smallest absolute Gasteiger partial charge is 0.185 e. The molecular weight excluding hydrogens is 378 g/mol. The van der Waals surface area contributed by atoms with Gasteiger partial charge in [-0.3, -0.25) is 9.89 Å². The Kier molecular flexibility index (Phi) is 5.40. The van der Waals surface area contributed by atoms with E-state index in [1.807, 2.05) is 0 Å². The van der Waals surface area contributed by atoms with Crippen LogP contribution in [0.4, 0.5) is 4.39 Å². The van der Waals surface area contributed by atoms with Gasteiger partial charge in [-0.2, -0.15) is 5.10 Å². The third kappa shape index (κ3) is 3.95. The summed E-state index contributed by atoms with van der Waals surface area (Å²) in [5.41, 5.74) is 1.73. The van der Waals surface area contributed by atoms with Crippen molar-refractivity contribution in [2.45, 2.75) is 0 Å². The van der Waals surface area contributed by atoms with Gasteiger partial charge in [-0.25, -0.2) is 4.39 Å². The monoisotopic (exact) mass is 390 g/mol. The van der Waals surface area contributed by atoms with Crippen molar-refractivity contribution in [1.29, 1.82) is 0 Å². The van der Waals surface area contributed by atoms with Crippen LogP contribution in [0.2, 0.25) is 10.0 Å². The number of methoxy groups -OCH3 is 1. The van der Waals surface area contributed by atoms with E-state index in [-0.39, 0.29) is 5.78 Å². The van der Waals surface area contributed by atoms with E-state index in [0.717, 1.165) is 0 Å². The van der Waals surface area contributed by atoms with Gasteiger partial charge in [0.1, 0.15) is 11.6 Å². The molecule has 26 heavy (non-hydrogen) atoms. The van der Waals surface area contributed by atoms with Crippen LogP contribution in [-0.2, 0) is 0 Å². The third-order valence-electron chi connectivity index (χ3n) is 3.67. The first-order chi connectivity index (χ1) is 12.5. The number of nitrogens with zero attached hydrogens (tertiary/aromatic N) is 1. The van der Waals surface area contributed by atoms with E-state index in [9.17, 15) is 9.18 Å². The zero-order valence-corrected chi connectivity index (χ0v) is 15.1. The summed E-state index contributed by atoms with van der Waals surface area (Å²) in [5, 5.41) is 7.52. The van der Waals surface area contributed by atoms with Gasteiger partial charge in [-0.05, 0) is 48.6 Å². The zero-order valence-electron chi connectivity index (χ0n) is 13.6. The molecule has 1 N–H and O–H groups in total. The van der Waals surface area contributed by atoms with Crippen LogP contribution in [0.15, 0.2) is 48.5 Å². The zero-order chi connectivity index (χ0) is 18.7. The quantitative estimate of drug-likeness (QED) is 0.466. The summed E-state index contributed by atoms with van der Waals surface area (Å²) in [6.07, 6.45) is 2.93. The van der Waals surface area contributed by atoms with Gasteiger partial charge in [0, 0.05) is 17.2 Å². The summed E-state index contributed by atoms with van der Waals surface area (Å²) in [6.45, 7) is 0. The van der Waals surface area contributed by atoms with Crippen LogP contribution in [0.3, 0.4) is 0 Å². The fraction of sp³-hybridized carbons (Fsp3) is 0.0526. The highest BCUT2D eigenvalue weighted by Crippen LogP contribution is 2.26. The summed E-state index contributed by atoms with van der Waals surface area (Å²) in [4.78, 5) is 12.2. The lowest BCUT2D eigenvalue weighted by atomic mass is 10.1. The molecule has 0 aliphatic rings. The van der Waals surface area contributed by atoms with Gasteiger partial charge in [0.25, 0.3) is 0 Å². The fourth-order valence-electron chi connectivity index (χ4n) is 2.30. The van der Waals surface area contributed by atoms with Gasteiger partial charge < -0.3 is 4.74 Å². The van der Waals surface area contributed by atoms with Gasteiger partial charge in [-0.15, -0.1) is 0 Å². The number of aromatic nitrogens is 2. The summed E-state index contributed by atoms with van der Waals surface area (Å²) < 4.78 is 19.1. The van der Waals surface area contributed by atoms with Crippen LogP contribution in [0.1, 0.15) is 16.1 Å². The molecule has 4 nitrogen and oxygen atoms in total. The molecule has 0 spiro atoms. The molecule has 0 radical (unpaired) electrons. The maximum absolute atomic E-state index is 14.1. The van der Waals surface area contributed by atoms with Crippen LogP contribution in [0.5, 0.6) is 5.75 Å². The number of H-pyrrole nitrogens is 1. The Hall–Kier alpha value is -2.63. The Morgan fingerprint density at radius 3 is 2.65 bits per heavy atom. The minimum atomic E-state index is -0.446. The van der Waals surface area contributed by atoms with Gasteiger partial charge in [0.2, 0.25) is 0 Å². The van der Waals surface area contributed by atoms with Crippen molar-refractivity contribution in [3.05, 3.63) is 75.7 Å². The van der Waals surface area contributed by atoms with E-state index < -0.39 is 5.82 Å². The van der Waals surface area contributed by atoms with Gasteiger partial charge in [0.05, 0.1) is 28.5 Å². The van der Waals surface area contributed by atoms with Crippen LogP contribution >= 0.6 is 23.2 Å². The highest BCUT2D eigenvalue weighted by Gasteiger charge is 2.10. The summed E-state index contributed by atoms with van der Waals surface area (Å²) in [5.74, 6) is -0.261. The molecule has 0 saturated heterocycles. The molecule has 2 aromatic carbocycles. The lowest BCUT2D eigenvalue weighted by Crippen LogP contribution is -1.93. The molecule has 0 aliphatic carbocycles. The van der Waals surface area contributed by atoms with Crippen LogP contribution < -0.4 is 4.74 Å². The number of halogens is 3. The second-order valence-corrected chi connectivity index (χ2v) is 6.20. The molecule has 1 aromatic heterocycles. The summed E-state index contributed by atoms with van der Waals surface area (Å²) >= 11 is 11.8. The Morgan fingerprint density at radius 2 is 1.96 bits per heavy atom. The topological polar surface area (TPSA) is 55.0 Å². The Morgan fingerprint density at radius 1 is 1.15 bits per heavy atom. The van der Waals surface area contributed by atoms with E-state index in [0.29, 0.717) is 38.3 Å². The summed E-state index contributed by atoms with van der Waals surface area (Å²) in [6, 6.07) is 10.8. The van der Waals surface area contributed by atoms with Crippen molar-refractivity contribution >= 4 is 35.1 Å². The maximum atomic E-state index is 14.1. The first-order valence-electron chi connectivity index (χ1n) is 7.54. The molecule has 132 valence electrons. The average Bonchev–Trinajstić information content (AvgIpc) is 3.10. The third-order valence-corrected chi connectivity index (χ3v) is 4.41. The van der Waals surface area contributed by atoms with Crippen molar-refractivity contribution in [3.63, 3.8) is 0 Å². The number of nitrogens with one attached hydrogen (secondary N) is 1. The number of hydrogen-bond donors (Lipinski definition) is 1. The fourth-order valence-corrected chi connectivity index (χ4v) is 2.60. The number of ether oxygens (including phenoxy) is 1. The number of ketones is 1. The summed E-state index contributed by atoms with van der Waals surface area (Å²) in [7, 11) is 1.47. The Bertz CT molecular complexity index is 999. The molecule has 0 bridgehead atoms. The second kappa shape index (κ2) is 7.72. The number of benzene rings is 2. The highest BCUT2D eigenvalue weighted by atomic mass is 35.5. The largest absolute Gasteiger partial charge is 0.497 e. The van der Waals surface area contributed by atoms with Crippen molar-refractivity contribution < 1.29 is 13.9 Å². The molecule has 0 atom stereocenters. The SMILES string of the molecule is COc1ccc(-c2cc(/C=C/C(=O)c3ccc(Cl)c(Cl)c3)[nH]n2)c(F)c1. The molecule has 7 heteroatoms. The average molecular weight is 391 g/mol. The first-order valence-corrected chi connectivity index (χ1v) is 8.30. The Balaban J connectivity index is 1.78. The van der Waals surface area contributed by atoms with E-state index in [4.69, 9.17) is 27.9 Å². The van der Waals surface area contributed by atoms with Crippen LogP contribution in [-0.4, -0.2) is 23.1 Å². The lowest BCUT2D eigenvalue weighted by molar-refractivity contribution is 0.104. The minimum Gasteiger partial charge on any atom is -0.497 e. The van der Waals surface area contributed by atoms with Gasteiger partial charge >= 0.3 is 0 Å². The predicted molar refractivity (Wildman–Crippen MR) is 100 cm³/mol. The van der Waals surface area contributed by atoms with Gasteiger partial charge in [-0.1, -0.05) is 23.2 Å². The van der Waals surface area contributed by atoms with Crippen molar-refractivity contribution in [2.24, 2.45) is 0 Å². The van der Waals surface area contributed by atoms with Crippen molar-refractivity contribution in [2.75, 3.05) is 7.11 Å². The normalized spacial score (nSPS) is 11.1. The van der Waals surface area contributed by atoms with E-state index in [2.05, 4.69) is 10.2 Å². The molecular formula is C19H13Cl2FN2O2. The second-order valence-electron chi connectivity index (χ2n) is 5.38. The van der Waals surface area contributed by atoms with Gasteiger partial charge in [0.15, 0.2) is 5.78 Å². The van der Waals surface area contributed by atoms with Crippen molar-refractivity contribution in [1.82, 2.24) is 10.2 Å². The molecule has 0 amide bonds. The molecule has 3 rings (SSSR count). The standard InChI is InChI=1S/C19H13Cl2FN2O2/c1-26-13-4-5-14(17(22)10-13)18-9-12(23-24-18)3-7-19(25)11-2-6-15(20)16(21)8-11/h2-10H,1H3,(H,23,24)/b7-3+. The minimum absolute atomic E-state index is 0.240. The number of carbonyl (C=O) groups excluding carboxylic acids is 1. The lowest BCUT2D eigenvalue weighted by Gasteiger charge is -2.02. The first kappa shape index (κ1) is 18.2. The number of hydrogen-bond acceptors (Lipinski definition) is 3. The Labute approximate surface area is 159 Å². The number of allylic oxidation sites excluding steroid dienone is 1. The molecule has 0 aliphatic heterocycles. The molecule has 0 unspecified atom stereocenters. The van der Waals surface area contributed by atoms with E-state index in [1.54, 1.807) is 36.4 Å². The molecule has 0 fully saturated rings. The predicted octanol–water partition coefficient (Wildman–Crippen LogP) is 5.43. The number of aromatic amines is 1.